The van der Waals surface area contributed by atoms with Gasteiger partial charge >= 0.3 is 0 Å². The van der Waals surface area contributed by atoms with Crippen molar-refractivity contribution in [2.45, 2.75) is 17.9 Å². The number of amides is 1. The van der Waals surface area contributed by atoms with Crippen LogP contribution in [0.4, 0.5) is 0 Å². The summed E-state index contributed by atoms with van der Waals surface area (Å²) in [6, 6.07) is 8.09. The Bertz CT molecular complexity index is 439. The third-order valence-corrected chi connectivity index (χ3v) is 4.20. The Kier molecular flexibility index (Phi) is 5.10. The first kappa shape index (κ1) is 14.2. The average molecular weight is 280 g/mol. The Hall–Kier alpha value is -1.20. The third-order valence-electron chi connectivity index (χ3n) is 3.23. The molecule has 1 N–H and O–H groups in total. The zero-order chi connectivity index (χ0) is 13.7. The van der Waals surface area contributed by atoms with Gasteiger partial charge in [0.2, 0.25) is 5.91 Å². The molecule has 0 bridgehead atoms. The normalized spacial score (nSPS) is 19.3. The van der Waals surface area contributed by atoms with Crippen molar-refractivity contribution in [3.05, 3.63) is 24.3 Å². The van der Waals surface area contributed by atoms with E-state index in [0.717, 1.165) is 30.3 Å². The maximum atomic E-state index is 12.2. The highest BCUT2D eigenvalue weighted by atomic mass is 32.2. The van der Waals surface area contributed by atoms with Crippen LogP contribution in [-0.2, 0) is 4.79 Å². The summed E-state index contributed by atoms with van der Waals surface area (Å²) >= 11 is 1.56. The average Bonchev–Trinajstić information content (AvgIpc) is 2.45. The van der Waals surface area contributed by atoms with Crippen LogP contribution in [0.1, 0.15) is 6.92 Å². The fourth-order valence-corrected chi connectivity index (χ4v) is 2.96. The minimum atomic E-state index is 0.210. The van der Waals surface area contributed by atoms with Crippen LogP contribution in [0.15, 0.2) is 29.2 Å². The topological polar surface area (TPSA) is 41.6 Å². The number of hydrogen-bond donors (Lipinski definition) is 1. The van der Waals surface area contributed by atoms with Crippen LogP contribution in [0.2, 0.25) is 0 Å². The summed E-state index contributed by atoms with van der Waals surface area (Å²) in [4.78, 5) is 15.2. The first-order valence-corrected chi connectivity index (χ1v) is 7.46. The fourth-order valence-electron chi connectivity index (χ4n) is 2.13. The van der Waals surface area contributed by atoms with Crippen molar-refractivity contribution in [3.8, 4) is 5.75 Å². The van der Waals surface area contributed by atoms with Crippen LogP contribution in [0.25, 0.3) is 0 Å². The van der Waals surface area contributed by atoms with Gasteiger partial charge in [0.05, 0.1) is 12.9 Å². The highest BCUT2D eigenvalue weighted by Gasteiger charge is 2.22. The maximum absolute atomic E-state index is 12.2. The van der Waals surface area contributed by atoms with Crippen molar-refractivity contribution >= 4 is 17.7 Å². The SMILES string of the molecule is COc1cccc(SCC(=O)N2CCNC[C@H]2C)c1. The second-order valence-electron chi connectivity index (χ2n) is 4.61. The quantitative estimate of drug-likeness (QED) is 0.851. The van der Waals surface area contributed by atoms with Gasteiger partial charge in [-0.1, -0.05) is 6.07 Å². The molecule has 0 radical (unpaired) electrons. The van der Waals surface area contributed by atoms with Crippen LogP contribution in [0.3, 0.4) is 0 Å². The number of carbonyl (C=O) groups is 1. The molecule has 0 saturated carbocycles. The number of piperazine rings is 1. The van der Waals surface area contributed by atoms with Gasteiger partial charge in [-0.2, -0.15) is 0 Å². The van der Waals surface area contributed by atoms with E-state index < -0.39 is 0 Å². The summed E-state index contributed by atoms with van der Waals surface area (Å²) in [5.74, 6) is 1.52. The van der Waals surface area contributed by atoms with E-state index in [1.54, 1.807) is 18.9 Å². The van der Waals surface area contributed by atoms with Gasteiger partial charge in [0.25, 0.3) is 0 Å². The zero-order valence-corrected chi connectivity index (χ0v) is 12.2. The van der Waals surface area contributed by atoms with E-state index in [1.807, 2.05) is 29.2 Å². The van der Waals surface area contributed by atoms with Crippen LogP contribution < -0.4 is 10.1 Å². The minimum Gasteiger partial charge on any atom is -0.497 e. The first-order valence-electron chi connectivity index (χ1n) is 6.47. The lowest BCUT2D eigenvalue weighted by molar-refractivity contribution is -0.131. The molecule has 1 heterocycles. The smallest absolute Gasteiger partial charge is 0.233 e. The van der Waals surface area contributed by atoms with Crippen molar-refractivity contribution in [2.75, 3.05) is 32.5 Å². The van der Waals surface area contributed by atoms with E-state index in [0.29, 0.717) is 5.75 Å². The van der Waals surface area contributed by atoms with Crippen LogP contribution in [-0.4, -0.2) is 49.3 Å². The molecule has 1 aromatic rings. The number of hydrogen-bond acceptors (Lipinski definition) is 4. The highest BCUT2D eigenvalue weighted by molar-refractivity contribution is 8.00. The Morgan fingerprint density at radius 2 is 2.42 bits per heavy atom. The van der Waals surface area contributed by atoms with E-state index >= 15 is 0 Å². The monoisotopic (exact) mass is 280 g/mol. The molecule has 1 aliphatic heterocycles. The van der Waals surface area contributed by atoms with Gasteiger partial charge in [0.1, 0.15) is 5.75 Å². The van der Waals surface area contributed by atoms with Crippen molar-refractivity contribution < 1.29 is 9.53 Å². The lowest BCUT2D eigenvalue weighted by Gasteiger charge is -2.33. The van der Waals surface area contributed by atoms with E-state index in [1.165, 1.54) is 0 Å². The number of rotatable bonds is 4. The van der Waals surface area contributed by atoms with Crippen LogP contribution >= 0.6 is 11.8 Å². The molecule has 1 fully saturated rings. The Balaban J connectivity index is 1.88. The molecule has 5 heteroatoms. The number of thioether (sulfide) groups is 1. The number of carbonyl (C=O) groups excluding carboxylic acids is 1. The molecule has 4 nitrogen and oxygen atoms in total. The predicted octanol–water partition coefficient (Wildman–Crippen LogP) is 1.61. The molecule has 0 aliphatic carbocycles. The summed E-state index contributed by atoms with van der Waals surface area (Å²) in [5.41, 5.74) is 0. The molecule has 2 rings (SSSR count). The standard InChI is InChI=1S/C14H20N2O2S/c1-11-9-15-6-7-16(11)14(17)10-19-13-5-3-4-12(8-13)18-2/h3-5,8,11,15H,6-7,9-10H2,1-2H3/t11-/m1/s1. The molecule has 1 aliphatic rings. The van der Waals surface area contributed by atoms with Crippen molar-refractivity contribution in [2.24, 2.45) is 0 Å². The summed E-state index contributed by atoms with van der Waals surface area (Å²) in [5, 5.41) is 3.29. The lowest BCUT2D eigenvalue weighted by Crippen LogP contribution is -2.52. The number of ether oxygens (including phenoxy) is 1. The Morgan fingerprint density at radius 1 is 1.58 bits per heavy atom. The van der Waals surface area contributed by atoms with Gasteiger partial charge in [-0.05, 0) is 25.1 Å². The molecule has 1 aromatic carbocycles. The highest BCUT2D eigenvalue weighted by Crippen LogP contribution is 2.23. The van der Waals surface area contributed by atoms with E-state index in [2.05, 4.69) is 12.2 Å². The van der Waals surface area contributed by atoms with Gasteiger partial charge < -0.3 is 15.0 Å². The molecule has 1 saturated heterocycles. The summed E-state index contributed by atoms with van der Waals surface area (Å²) < 4.78 is 5.18. The van der Waals surface area contributed by atoms with E-state index in [-0.39, 0.29) is 11.9 Å². The number of nitrogens with one attached hydrogen (secondary N) is 1. The Labute approximate surface area is 118 Å². The minimum absolute atomic E-state index is 0.210. The van der Waals surface area contributed by atoms with Crippen molar-refractivity contribution in [1.82, 2.24) is 10.2 Å². The zero-order valence-electron chi connectivity index (χ0n) is 11.4. The van der Waals surface area contributed by atoms with Crippen LogP contribution in [0.5, 0.6) is 5.75 Å². The number of methoxy groups -OCH3 is 1. The van der Waals surface area contributed by atoms with Gasteiger partial charge in [-0.15, -0.1) is 11.8 Å². The largest absolute Gasteiger partial charge is 0.497 e. The molecule has 0 spiro atoms. The maximum Gasteiger partial charge on any atom is 0.233 e. The number of nitrogens with zero attached hydrogens (tertiary/aromatic N) is 1. The summed E-state index contributed by atoms with van der Waals surface area (Å²) in [6.45, 7) is 4.66. The molecule has 1 atom stereocenters. The van der Waals surface area contributed by atoms with Gasteiger partial charge in [0.15, 0.2) is 0 Å². The van der Waals surface area contributed by atoms with Crippen molar-refractivity contribution in [3.63, 3.8) is 0 Å². The van der Waals surface area contributed by atoms with Crippen LogP contribution in [0, 0.1) is 0 Å². The molecular weight excluding hydrogens is 260 g/mol. The molecule has 0 unspecified atom stereocenters. The van der Waals surface area contributed by atoms with Gasteiger partial charge in [-0.25, -0.2) is 0 Å². The summed E-state index contributed by atoms with van der Waals surface area (Å²) in [6.07, 6.45) is 0. The summed E-state index contributed by atoms with van der Waals surface area (Å²) in [7, 11) is 1.65. The third kappa shape index (κ3) is 3.88. The number of benzene rings is 1. The lowest BCUT2D eigenvalue weighted by atomic mass is 10.2. The molecular formula is C14H20N2O2S. The van der Waals surface area contributed by atoms with Gasteiger partial charge in [-0.3, -0.25) is 4.79 Å². The molecule has 19 heavy (non-hydrogen) atoms. The molecule has 1 amide bonds. The Morgan fingerprint density at radius 3 is 3.16 bits per heavy atom. The predicted molar refractivity (Wildman–Crippen MR) is 77.8 cm³/mol. The first-order chi connectivity index (χ1) is 9.20. The van der Waals surface area contributed by atoms with E-state index in [4.69, 9.17) is 4.74 Å². The van der Waals surface area contributed by atoms with E-state index in [9.17, 15) is 4.79 Å². The van der Waals surface area contributed by atoms with Gasteiger partial charge in [0, 0.05) is 30.6 Å². The fraction of sp³-hybridized carbons (Fsp3) is 0.500. The van der Waals surface area contributed by atoms with Crippen molar-refractivity contribution in [1.29, 1.82) is 0 Å². The molecule has 104 valence electrons. The second kappa shape index (κ2) is 6.82. The second-order valence-corrected chi connectivity index (χ2v) is 5.66. The molecule has 0 aromatic heterocycles.